The van der Waals surface area contributed by atoms with Crippen LogP contribution in [-0.4, -0.2) is 10.7 Å². The fourth-order valence-corrected chi connectivity index (χ4v) is 2.27. The van der Waals surface area contributed by atoms with Gasteiger partial charge in [0.15, 0.2) is 0 Å². The van der Waals surface area contributed by atoms with Gasteiger partial charge in [-0.05, 0) is 31.1 Å². The van der Waals surface area contributed by atoms with Gasteiger partial charge in [0.25, 0.3) is 0 Å². The molecule has 1 aliphatic rings. The zero-order chi connectivity index (χ0) is 9.41. The second kappa shape index (κ2) is 3.02. The van der Waals surface area contributed by atoms with Crippen LogP contribution >= 0.6 is 0 Å². The Morgan fingerprint density at radius 3 is 2.00 bits per heavy atom. The normalized spacial score (nSPS) is 25.5. The molecule has 0 amide bonds. The van der Waals surface area contributed by atoms with E-state index in [9.17, 15) is 5.11 Å². The summed E-state index contributed by atoms with van der Waals surface area (Å²) in [5.41, 5.74) is -0.208. The highest BCUT2D eigenvalue weighted by molar-refractivity contribution is 5.05. The van der Waals surface area contributed by atoms with Gasteiger partial charge in [0, 0.05) is 0 Å². The summed E-state index contributed by atoms with van der Waals surface area (Å²) in [7, 11) is 0. The van der Waals surface area contributed by atoms with E-state index in [0.29, 0.717) is 5.92 Å². The topological polar surface area (TPSA) is 20.2 Å². The molecule has 12 heavy (non-hydrogen) atoms. The smallest absolute Gasteiger partial charge is 0.0700 e. The van der Waals surface area contributed by atoms with Gasteiger partial charge < -0.3 is 5.11 Å². The van der Waals surface area contributed by atoms with E-state index in [1.807, 2.05) is 6.92 Å². The Morgan fingerprint density at radius 2 is 1.75 bits per heavy atom. The lowest BCUT2D eigenvalue weighted by Crippen LogP contribution is -2.42. The summed E-state index contributed by atoms with van der Waals surface area (Å²) in [4.78, 5) is 0. The van der Waals surface area contributed by atoms with Crippen molar-refractivity contribution in [1.29, 1.82) is 0 Å². The maximum atomic E-state index is 10.4. The third-order valence-electron chi connectivity index (χ3n) is 4.00. The number of hydrogen-bond donors (Lipinski definition) is 1. The molecule has 0 aromatic heterocycles. The molecule has 1 rings (SSSR count). The second-order valence-electron chi connectivity index (χ2n) is 4.72. The summed E-state index contributed by atoms with van der Waals surface area (Å²) in [6.45, 7) is 8.59. The van der Waals surface area contributed by atoms with E-state index in [-0.39, 0.29) is 5.41 Å². The highest BCUT2D eigenvalue weighted by Crippen LogP contribution is 2.57. The Balaban J connectivity index is 2.68. The summed E-state index contributed by atoms with van der Waals surface area (Å²) in [5.74, 6) is 0.477. The van der Waals surface area contributed by atoms with Crippen LogP contribution in [0.1, 0.15) is 53.4 Å². The third-order valence-corrected chi connectivity index (χ3v) is 4.00. The van der Waals surface area contributed by atoms with Crippen LogP contribution in [0, 0.1) is 11.3 Å². The van der Waals surface area contributed by atoms with Crippen molar-refractivity contribution in [3.05, 3.63) is 0 Å². The Hall–Kier alpha value is -0.0400. The van der Waals surface area contributed by atoms with Gasteiger partial charge in [-0.2, -0.15) is 0 Å². The van der Waals surface area contributed by atoms with Gasteiger partial charge >= 0.3 is 0 Å². The summed E-state index contributed by atoms with van der Waals surface area (Å²) >= 11 is 0. The molecule has 0 aliphatic heterocycles. The van der Waals surface area contributed by atoms with Crippen LogP contribution in [-0.2, 0) is 0 Å². The molecule has 1 unspecified atom stereocenters. The van der Waals surface area contributed by atoms with Gasteiger partial charge in [-0.1, -0.05) is 33.6 Å². The zero-order valence-corrected chi connectivity index (χ0v) is 8.85. The average molecular weight is 170 g/mol. The highest BCUT2D eigenvalue weighted by Gasteiger charge is 2.54. The molecule has 0 saturated heterocycles. The lowest BCUT2D eigenvalue weighted by Gasteiger charge is -2.37. The molecule has 0 radical (unpaired) electrons. The minimum absolute atomic E-state index is 0.226. The lowest BCUT2D eigenvalue weighted by atomic mass is 9.74. The van der Waals surface area contributed by atoms with Crippen molar-refractivity contribution >= 4 is 0 Å². The SMILES string of the molecule is CCC(CC)C(C)(O)C1(C)CC1. The molecule has 1 atom stereocenters. The molecule has 1 aliphatic carbocycles. The molecule has 0 aromatic rings. The first kappa shape index (κ1) is 10.0. The van der Waals surface area contributed by atoms with E-state index >= 15 is 0 Å². The molecule has 0 spiro atoms. The van der Waals surface area contributed by atoms with E-state index in [1.165, 1.54) is 12.8 Å². The molecule has 0 aromatic carbocycles. The first-order chi connectivity index (χ1) is 5.48. The van der Waals surface area contributed by atoms with Gasteiger partial charge in [-0.25, -0.2) is 0 Å². The number of rotatable bonds is 4. The molecular formula is C11H22O. The molecule has 1 fully saturated rings. The van der Waals surface area contributed by atoms with Crippen molar-refractivity contribution in [3.63, 3.8) is 0 Å². The predicted molar refractivity (Wildman–Crippen MR) is 52.0 cm³/mol. The summed E-state index contributed by atoms with van der Waals surface area (Å²) < 4.78 is 0. The molecule has 1 saturated carbocycles. The molecule has 0 bridgehead atoms. The van der Waals surface area contributed by atoms with Crippen molar-refractivity contribution in [2.75, 3.05) is 0 Å². The van der Waals surface area contributed by atoms with Crippen LogP contribution in [0.4, 0.5) is 0 Å². The van der Waals surface area contributed by atoms with Crippen LogP contribution in [0.5, 0.6) is 0 Å². The summed E-state index contributed by atoms with van der Waals surface area (Å²) in [6, 6.07) is 0. The lowest BCUT2D eigenvalue weighted by molar-refractivity contribution is -0.0631. The zero-order valence-electron chi connectivity index (χ0n) is 8.85. The maximum absolute atomic E-state index is 10.4. The van der Waals surface area contributed by atoms with E-state index < -0.39 is 5.60 Å². The van der Waals surface area contributed by atoms with Crippen LogP contribution in [0.2, 0.25) is 0 Å². The Labute approximate surface area is 76.2 Å². The van der Waals surface area contributed by atoms with Crippen LogP contribution in [0.15, 0.2) is 0 Å². The standard InChI is InChI=1S/C11H22O/c1-5-9(6-2)11(4,12)10(3)7-8-10/h9,12H,5-8H2,1-4H3. The molecule has 0 heterocycles. The Kier molecular flexibility index (Phi) is 2.53. The van der Waals surface area contributed by atoms with E-state index in [1.54, 1.807) is 0 Å². The first-order valence-corrected chi connectivity index (χ1v) is 5.20. The quantitative estimate of drug-likeness (QED) is 0.687. The van der Waals surface area contributed by atoms with Crippen molar-refractivity contribution in [1.82, 2.24) is 0 Å². The maximum Gasteiger partial charge on any atom is 0.0700 e. The van der Waals surface area contributed by atoms with Gasteiger partial charge in [0.05, 0.1) is 5.60 Å². The molecule has 1 heteroatoms. The van der Waals surface area contributed by atoms with Crippen LogP contribution in [0.3, 0.4) is 0 Å². The largest absolute Gasteiger partial charge is 0.389 e. The molecule has 72 valence electrons. The minimum atomic E-state index is -0.434. The van der Waals surface area contributed by atoms with E-state index in [2.05, 4.69) is 20.8 Å². The van der Waals surface area contributed by atoms with Gasteiger partial charge in [0.1, 0.15) is 0 Å². The van der Waals surface area contributed by atoms with E-state index in [4.69, 9.17) is 0 Å². The van der Waals surface area contributed by atoms with Crippen molar-refractivity contribution in [2.45, 2.75) is 59.0 Å². The minimum Gasteiger partial charge on any atom is -0.389 e. The third kappa shape index (κ3) is 1.39. The Morgan fingerprint density at radius 1 is 1.33 bits per heavy atom. The van der Waals surface area contributed by atoms with Crippen molar-refractivity contribution in [2.24, 2.45) is 11.3 Å². The average Bonchev–Trinajstić information content (AvgIpc) is 2.71. The fourth-order valence-electron chi connectivity index (χ4n) is 2.27. The first-order valence-electron chi connectivity index (χ1n) is 5.20. The van der Waals surface area contributed by atoms with E-state index in [0.717, 1.165) is 12.8 Å². The summed E-state index contributed by atoms with van der Waals surface area (Å²) in [5, 5.41) is 10.4. The van der Waals surface area contributed by atoms with Crippen molar-refractivity contribution < 1.29 is 5.11 Å². The highest BCUT2D eigenvalue weighted by atomic mass is 16.3. The summed E-state index contributed by atoms with van der Waals surface area (Å²) in [6.07, 6.45) is 4.60. The van der Waals surface area contributed by atoms with Gasteiger partial charge in [-0.3, -0.25) is 0 Å². The second-order valence-corrected chi connectivity index (χ2v) is 4.72. The van der Waals surface area contributed by atoms with Gasteiger partial charge in [0.2, 0.25) is 0 Å². The number of hydrogen-bond acceptors (Lipinski definition) is 1. The molecular weight excluding hydrogens is 148 g/mol. The van der Waals surface area contributed by atoms with Crippen molar-refractivity contribution in [3.8, 4) is 0 Å². The van der Waals surface area contributed by atoms with Gasteiger partial charge in [-0.15, -0.1) is 0 Å². The van der Waals surface area contributed by atoms with Crippen LogP contribution in [0.25, 0.3) is 0 Å². The fraction of sp³-hybridized carbons (Fsp3) is 1.00. The van der Waals surface area contributed by atoms with Crippen LogP contribution < -0.4 is 0 Å². The molecule has 1 nitrogen and oxygen atoms in total. The number of aliphatic hydroxyl groups is 1. The molecule has 1 N–H and O–H groups in total. The Bertz CT molecular complexity index is 152. The monoisotopic (exact) mass is 170 g/mol. The predicted octanol–water partition coefficient (Wildman–Crippen LogP) is 2.97.